The van der Waals surface area contributed by atoms with Gasteiger partial charge >= 0.3 is 11.9 Å². The van der Waals surface area contributed by atoms with Crippen molar-refractivity contribution in [1.82, 2.24) is 5.06 Å². The Hall–Kier alpha value is -1.22. The number of amides is 2. The topological polar surface area (TPSA) is 101 Å². The van der Waals surface area contributed by atoms with Gasteiger partial charge in [0.2, 0.25) is 0 Å². The molecule has 1 aliphatic rings. The van der Waals surface area contributed by atoms with E-state index >= 15 is 0 Å². The number of unbranched alkanes of at least 4 members (excludes halogenated alkanes) is 14. The lowest BCUT2D eigenvalue weighted by Gasteiger charge is -2.12. The predicted octanol–water partition coefficient (Wildman–Crippen LogP) is 7.08. The summed E-state index contributed by atoms with van der Waals surface area (Å²) in [6.07, 6.45) is 19.3. The largest absolute Gasteiger partial charge is 0.481 e. The number of carboxylic acid groups (broad SMARTS) is 1. The van der Waals surface area contributed by atoms with Crippen LogP contribution >= 0.6 is 21.6 Å². The lowest BCUT2D eigenvalue weighted by Crippen LogP contribution is -2.31. The molecule has 1 rings (SSSR count). The van der Waals surface area contributed by atoms with Gasteiger partial charge in [0.05, 0.1) is 0 Å². The second kappa shape index (κ2) is 22.0. The summed E-state index contributed by atoms with van der Waals surface area (Å²) in [5.74, 6) is 0.442. The number of aliphatic carboxylic acids is 1. The van der Waals surface area contributed by atoms with Gasteiger partial charge in [0.1, 0.15) is 0 Å². The molecule has 1 aliphatic heterocycles. The average molecular weight is 532 g/mol. The number of carbonyl (C=O) groups excluding carboxylic acids is 3. The highest BCUT2D eigenvalue weighted by Gasteiger charge is 2.32. The van der Waals surface area contributed by atoms with Crippen LogP contribution in [0.2, 0.25) is 0 Å². The molecule has 7 nitrogen and oxygen atoms in total. The summed E-state index contributed by atoms with van der Waals surface area (Å²) in [6.45, 7) is 0. The smallest absolute Gasteiger partial charge is 0.333 e. The molecule has 0 radical (unpaired) electrons. The van der Waals surface area contributed by atoms with E-state index in [-0.39, 0.29) is 19.3 Å². The van der Waals surface area contributed by atoms with Gasteiger partial charge in [-0.1, -0.05) is 98.6 Å². The van der Waals surface area contributed by atoms with Crippen LogP contribution in [0.1, 0.15) is 128 Å². The first-order valence-corrected chi connectivity index (χ1v) is 16.0. The zero-order valence-electron chi connectivity index (χ0n) is 21.3. The van der Waals surface area contributed by atoms with E-state index in [9.17, 15) is 19.2 Å². The van der Waals surface area contributed by atoms with E-state index in [0.29, 0.717) is 11.5 Å². The maximum atomic E-state index is 11.7. The average Bonchev–Trinajstić information content (AvgIpc) is 3.14. The Morgan fingerprint density at radius 2 is 1.00 bits per heavy atom. The van der Waals surface area contributed by atoms with Crippen LogP contribution < -0.4 is 0 Å². The molecule has 1 heterocycles. The normalized spacial score (nSPS) is 13.5. The van der Waals surface area contributed by atoms with Crippen molar-refractivity contribution in [3.8, 4) is 0 Å². The molecule has 0 spiro atoms. The maximum absolute atomic E-state index is 11.7. The van der Waals surface area contributed by atoms with Gasteiger partial charge in [0.25, 0.3) is 11.8 Å². The fourth-order valence-electron chi connectivity index (χ4n) is 3.91. The number of hydrogen-bond acceptors (Lipinski definition) is 7. The van der Waals surface area contributed by atoms with Gasteiger partial charge in [-0.05, 0) is 25.7 Å². The van der Waals surface area contributed by atoms with Gasteiger partial charge < -0.3 is 9.94 Å². The van der Waals surface area contributed by atoms with Crippen LogP contribution in [0.5, 0.6) is 0 Å². The molecule has 0 bridgehead atoms. The molecule has 0 aromatic rings. The molecule has 2 amide bonds. The molecule has 0 unspecified atom stereocenters. The van der Waals surface area contributed by atoms with E-state index < -0.39 is 23.8 Å². The third-order valence-corrected chi connectivity index (χ3v) is 8.59. The summed E-state index contributed by atoms with van der Waals surface area (Å²) in [6, 6.07) is 0. The molecule has 0 atom stereocenters. The van der Waals surface area contributed by atoms with Gasteiger partial charge in [-0.15, -0.1) is 5.06 Å². The second-order valence-corrected chi connectivity index (χ2v) is 11.9. The molecule has 0 saturated carbocycles. The van der Waals surface area contributed by atoms with Crippen molar-refractivity contribution >= 4 is 45.3 Å². The third-order valence-electron chi connectivity index (χ3n) is 6.01. The first-order valence-electron chi connectivity index (χ1n) is 13.5. The molecular formula is C26H45NO6S2. The summed E-state index contributed by atoms with van der Waals surface area (Å²) in [4.78, 5) is 49.8. The van der Waals surface area contributed by atoms with E-state index in [1.807, 2.05) is 21.6 Å². The van der Waals surface area contributed by atoms with Crippen molar-refractivity contribution in [1.29, 1.82) is 0 Å². The van der Waals surface area contributed by atoms with Crippen molar-refractivity contribution in [3.05, 3.63) is 0 Å². The molecule has 9 heteroatoms. The molecule has 0 aromatic heterocycles. The lowest BCUT2D eigenvalue weighted by molar-refractivity contribution is -0.197. The Morgan fingerprint density at radius 1 is 0.629 bits per heavy atom. The van der Waals surface area contributed by atoms with Crippen LogP contribution in [0.15, 0.2) is 0 Å². The maximum Gasteiger partial charge on any atom is 0.333 e. The van der Waals surface area contributed by atoms with Crippen LogP contribution in [0.4, 0.5) is 0 Å². The van der Waals surface area contributed by atoms with Crippen LogP contribution in [0, 0.1) is 0 Å². The van der Waals surface area contributed by atoms with Gasteiger partial charge in [0.15, 0.2) is 0 Å². The number of imide groups is 1. The minimum absolute atomic E-state index is 0.130. The highest BCUT2D eigenvalue weighted by molar-refractivity contribution is 8.76. The minimum Gasteiger partial charge on any atom is -0.481 e. The molecule has 0 aromatic carbocycles. The molecule has 1 saturated heterocycles. The summed E-state index contributed by atoms with van der Waals surface area (Å²) in [5, 5.41) is 9.22. The van der Waals surface area contributed by atoms with Gasteiger partial charge in [-0.3, -0.25) is 14.4 Å². The van der Waals surface area contributed by atoms with Crippen LogP contribution in [-0.2, 0) is 24.0 Å². The Labute approximate surface area is 219 Å². The Kier molecular flexibility index (Phi) is 20.0. The summed E-state index contributed by atoms with van der Waals surface area (Å²) < 4.78 is 0. The molecule has 35 heavy (non-hydrogen) atoms. The van der Waals surface area contributed by atoms with E-state index in [4.69, 9.17) is 9.94 Å². The van der Waals surface area contributed by atoms with Crippen molar-refractivity contribution in [2.45, 2.75) is 128 Å². The fourth-order valence-corrected chi connectivity index (χ4v) is 6.21. The number of hydrogen-bond donors (Lipinski definition) is 1. The van der Waals surface area contributed by atoms with Crippen molar-refractivity contribution < 1.29 is 29.1 Å². The van der Waals surface area contributed by atoms with Crippen LogP contribution in [0.3, 0.4) is 0 Å². The molecule has 1 fully saturated rings. The van der Waals surface area contributed by atoms with E-state index in [1.165, 1.54) is 82.1 Å². The first kappa shape index (κ1) is 31.8. The molecular weight excluding hydrogens is 486 g/mol. The van der Waals surface area contributed by atoms with E-state index in [2.05, 4.69) is 0 Å². The zero-order chi connectivity index (χ0) is 25.6. The van der Waals surface area contributed by atoms with Crippen molar-refractivity contribution in [2.24, 2.45) is 0 Å². The number of rotatable bonds is 24. The van der Waals surface area contributed by atoms with Gasteiger partial charge in [-0.2, -0.15) is 0 Å². The van der Waals surface area contributed by atoms with E-state index in [1.54, 1.807) is 0 Å². The Balaban J connectivity index is 1.72. The van der Waals surface area contributed by atoms with Gasteiger partial charge in [-0.25, -0.2) is 4.79 Å². The van der Waals surface area contributed by atoms with Crippen molar-refractivity contribution in [3.63, 3.8) is 0 Å². The zero-order valence-corrected chi connectivity index (χ0v) is 22.9. The number of carbonyl (C=O) groups is 4. The minimum atomic E-state index is -0.679. The molecule has 1 N–H and O–H groups in total. The Bertz CT molecular complexity index is 601. The Morgan fingerprint density at radius 3 is 1.43 bits per heavy atom. The second-order valence-electron chi connectivity index (χ2n) is 9.24. The fraction of sp³-hybridized carbons (Fsp3) is 0.846. The first-order chi connectivity index (χ1) is 17.0. The predicted molar refractivity (Wildman–Crippen MR) is 143 cm³/mol. The number of carboxylic acids is 1. The molecule has 202 valence electrons. The van der Waals surface area contributed by atoms with Crippen LogP contribution in [0.25, 0.3) is 0 Å². The number of hydroxylamine groups is 2. The van der Waals surface area contributed by atoms with Gasteiger partial charge in [0, 0.05) is 37.2 Å². The summed E-state index contributed by atoms with van der Waals surface area (Å²) >= 11 is 0. The summed E-state index contributed by atoms with van der Waals surface area (Å²) in [5.41, 5.74) is 0. The van der Waals surface area contributed by atoms with Crippen molar-refractivity contribution in [2.75, 3.05) is 11.5 Å². The quantitative estimate of drug-likeness (QED) is 0.0801. The van der Waals surface area contributed by atoms with E-state index in [0.717, 1.165) is 32.1 Å². The molecule has 0 aliphatic carbocycles. The SMILES string of the molecule is O=C(O)CCCCCCCCCCSSCCCCCCCCCCC(=O)ON1C(=O)CCC1=O. The van der Waals surface area contributed by atoms with Crippen LogP contribution in [-0.4, -0.2) is 45.4 Å². The number of nitrogens with zero attached hydrogens (tertiary/aromatic N) is 1. The highest BCUT2D eigenvalue weighted by atomic mass is 33.1. The highest BCUT2D eigenvalue weighted by Crippen LogP contribution is 2.25. The summed E-state index contributed by atoms with van der Waals surface area (Å²) in [7, 11) is 4.00. The lowest BCUT2D eigenvalue weighted by atomic mass is 10.1. The standard InChI is InChI=1S/C26H45NO6S2/c28-23-19-20-24(29)27(23)33-26(32)18-14-10-6-2-4-8-12-16-22-35-34-21-15-11-7-3-1-5-9-13-17-25(30)31/h1-22H2,(H,30,31). The third kappa shape index (κ3) is 18.7. The monoisotopic (exact) mass is 531 g/mol.